The van der Waals surface area contributed by atoms with Crippen LogP contribution in [-0.4, -0.2) is 21.1 Å². The van der Waals surface area contributed by atoms with Crippen LogP contribution in [0.1, 0.15) is 11.5 Å². The molecular weight excluding hydrogens is 615 g/mol. The van der Waals surface area contributed by atoms with Crippen LogP contribution in [0.5, 0.6) is 5.75 Å². The second-order valence-electron chi connectivity index (χ2n) is 12.7. The van der Waals surface area contributed by atoms with E-state index in [0.717, 1.165) is 61.1 Å². The Balaban J connectivity index is 1.13. The van der Waals surface area contributed by atoms with Gasteiger partial charge in [-0.3, -0.25) is 0 Å². The molecule has 2 aromatic heterocycles. The molecule has 6 aromatic carbocycles. The van der Waals surface area contributed by atoms with Gasteiger partial charge in [-0.1, -0.05) is 140 Å². The molecule has 0 saturated heterocycles. The van der Waals surface area contributed by atoms with Crippen molar-refractivity contribution in [2.24, 2.45) is 0 Å². The molecule has 0 saturated carbocycles. The fourth-order valence-corrected chi connectivity index (χ4v) is 7.36. The lowest BCUT2D eigenvalue weighted by molar-refractivity contribution is 0.269. The first-order valence-electron chi connectivity index (χ1n) is 16.9. The average Bonchev–Trinajstić information content (AvgIpc) is 3.77. The van der Waals surface area contributed by atoms with Gasteiger partial charge in [-0.05, 0) is 46.5 Å². The van der Waals surface area contributed by atoms with E-state index in [9.17, 15) is 0 Å². The number of fused-ring (bicyclic) bond motifs is 6. The predicted molar refractivity (Wildman–Crippen MR) is 200 cm³/mol. The summed E-state index contributed by atoms with van der Waals surface area (Å²) in [7, 11) is 0. The molecule has 5 nitrogen and oxygen atoms in total. The summed E-state index contributed by atoms with van der Waals surface area (Å²) in [6.07, 6.45) is 8.57. The van der Waals surface area contributed by atoms with Gasteiger partial charge in [-0.15, -0.1) is 0 Å². The van der Waals surface area contributed by atoms with E-state index < -0.39 is 0 Å². The molecule has 5 heteroatoms. The second-order valence-corrected chi connectivity index (χ2v) is 12.7. The summed E-state index contributed by atoms with van der Waals surface area (Å²) in [5.74, 6) is 2.90. The molecule has 236 valence electrons. The summed E-state index contributed by atoms with van der Waals surface area (Å²) >= 11 is 0. The van der Waals surface area contributed by atoms with Crippen molar-refractivity contribution in [3.63, 3.8) is 0 Å². The Hall–Kier alpha value is -6.59. The summed E-state index contributed by atoms with van der Waals surface area (Å²) in [4.78, 5) is 15.4. The van der Waals surface area contributed by atoms with Crippen LogP contribution in [0, 0.1) is 0 Å². The minimum atomic E-state index is 0.0347. The van der Waals surface area contributed by atoms with Crippen molar-refractivity contribution in [2.75, 3.05) is 0 Å². The summed E-state index contributed by atoms with van der Waals surface area (Å²) in [5, 5.41) is 2.09. The molecule has 0 fully saturated rings. The topological polar surface area (TPSA) is 61.0 Å². The van der Waals surface area contributed by atoms with Crippen LogP contribution in [-0.2, 0) is 0 Å². The summed E-state index contributed by atoms with van der Waals surface area (Å²) in [6.45, 7) is 0. The smallest absolute Gasteiger partial charge is 0.167 e. The van der Waals surface area contributed by atoms with Gasteiger partial charge in [0, 0.05) is 33.4 Å². The quantitative estimate of drug-likeness (QED) is 0.187. The molecule has 0 N–H and O–H groups in total. The molecule has 10 rings (SSSR count). The molecule has 2 atom stereocenters. The highest BCUT2D eigenvalue weighted by molar-refractivity contribution is 6.09. The van der Waals surface area contributed by atoms with Crippen molar-refractivity contribution in [1.29, 1.82) is 0 Å². The van der Waals surface area contributed by atoms with Gasteiger partial charge in [-0.2, -0.15) is 0 Å². The maximum Gasteiger partial charge on any atom is 0.167 e. The molecular formula is C45H29N3O2. The maximum absolute atomic E-state index is 6.44. The number of allylic oxidation sites excluding steroid dienone is 2. The number of furan rings is 1. The zero-order valence-electron chi connectivity index (χ0n) is 26.9. The van der Waals surface area contributed by atoms with E-state index in [1.54, 1.807) is 0 Å². The van der Waals surface area contributed by atoms with Crippen LogP contribution in [0.4, 0.5) is 0 Å². The number of hydrogen-bond donors (Lipinski definition) is 0. The Morgan fingerprint density at radius 3 is 1.94 bits per heavy atom. The summed E-state index contributed by atoms with van der Waals surface area (Å²) in [6, 6.07) is 47.7. The number of para-hydroxylation sites is 2. The van der Waals surface area contributed by atoms with E-state index in [0.29, 0.717) is 17.5 Å². The number of hydrogen-bond acceptors (Lipinski definition) is 5. The molecule has 0 spiro atoms. The van der Waals surface area contributed by atoms with Crippen molar-refractivity contribution < 1.29 is 9.15 Å². The van der Waals surface area contributed by atoms with Gasteiger partial charge in [-0.25, -0.2) is 15.0 Å². The third kappa shape index (κ3) is 4.66. The fourth-order valence-electron chi connectivity index (χ4n) is 7.36. The van der Waals surface area contributed by atoms with Gasteiger partial charge < -0.3 is 9.15 Å². The lowest BCUT2D eigenvalue weighted by Crippen LogP contribution is -2.15. The Bertz CT molecular complexity index is 2640. The number of aromatic nitrogens is 3. The van der Waals surface area contributed by atoms with Crippen molar-refractivity contribution in [1.82, 2.24) is 15.0 Å². The van der Waals surface area contributed by atoms with Gasteiger partial charge >= 0.3 is 0 Å². The number of rotatable bonds is 5. The van der Waals surface area contributed by atoms with E-state index in [-0.39, 0.29) is 12.0 Å². The number of ether oxygens (including phenoxy) is 1. The van der Waals surface area contributed by atoms with E-state index in [4.69, 9.17) is 24.1 Å². The normalized spacial score (nSPS) is 16.0. The molecule has 0 bridgehead atoms. The van der Waals surface area contributed by atoms with E-state index in [1.807, 2.05) is 42.5 Å². The van der Waals surface area contributed by atoms with Gasteiger partial charge in [0.05, 0.1) is 5.56 Å². The molecule has 50 heavy (non-hydrogen) atoms. The molecule has 2 unspecified atom stereocenters. The minimum Gasteiger partial charge on any atom is -0.485 e. The highest BCUT2D eigenvalue weighted by Gasteiger charge is 2.34. The minimum absolute atomic E-state index is 0.0347. The van der Waals surface area contributed by atoms with Gasteiger partial charge in [0.25, 0.3) is 0 Å². The van der Waals surface area contributed by atoms with Gasteiger partial charge in [0.2, 0.25) is 0 Å². The van der Waals surface area contributed by atoms with Crippen molar-refractivity contribution in [2.45, 2.75) is 12.0 Å². The number of benzene rings is 6. The number of nitrogens with zero attached hydrogens (tertiary/aromatic N) is 3. The second kappa shape index (κ2) is 11.5. The Kier molecular flexibility index (Phi) is 6.56. The predicted octanol–water partition coefficient (Wildman–Crippen LogP) is 11.1. The standard InChI is InChI=1S/C45H29N3O2/c1-2-12-28(13-3-1)31-14-4-5-16-35(31)44-46-43(47-45(48-44)37-20-10-19-34-33-15-6-8-21-38(33)50-42(34)37)30-26-24-29(25-27-30)32-18-11-23-40-41(32)36-17-7-9-22-39(36)49-40/h1-27,36,39H. The van der Waals surface area contributed by atoms with Gasteiger partial charge in [0.1, 0.15) is 23.0 Å². The average molecular weight is 644 g/mol. The van der Waals surface area contributed by atoms with E-state index >= 15 is 0 Å². The van der Waals surface area contributed by atoms with Crippen LogP contribution < -0.4 is 4.74 Å². The highest BCUT2D eigenvalue weighted by Crippen LogP contribution is 2.46. The van der Waals surface area contributed by atoms with Crippen LogP contribution in [0.2, 0.25) is 0 Å². The van der Waals surface area contributed by atoms with Crippen LogP contribution in [0.15, 0.2) is 168 Å². The Morgan fingerprint density at radius 1 is 0.440 bits per heavy atom. The zero-order chi connectivity index (χ0) is 33.0. The molecule has 0 amide bonds. The molecule has 2 aliphatic rings. The molecule has 1 aliphatic heterocycles. The Labute approximate surface area is 288 Å². The van der Waals surface area contributed by atoms with Crippen molar-refractivity contribution in [3.8, 4) is 62.2 Å². The van der Waals surface area contributed by atoms with Crippen molar-refractivity contribution >= 4 is 21.9 Å². The Morgan fingerprint density at radius 2 is 1.06 bits per heavy atom. The molecule has 1 aliphatic carbocycles. The third-order valence-electron chi connectivity index (χ3n) is 9.73. The van der Waals surface area contributed by atoms with Crippen molar-refractivity contribution in [3.05, 3.63) is 169 Å². The first-order chi connectivity index (χ1) is 24.8. The zero-order valence-corrected chi connectivity index (χ0v) is 26.9. The lowest BCUT2D eigenvalue weighted by Gasteiger charge is -2.16. The highest BCUT2D eigenvalue weighted by atomic mass is 16.5. The summed E-state index contributed by atoms with van der Waals surface area (Å²) < 4.78 is 12.7. The van der Waals surface area contributed by atoms with Gasteiger partial charge in [0.15, 0.2) is 17.5 Å². The van der Waals surface area contributed by atoms with Crippen LogP contribution in [0.3, 0.4) is 0 Å². The maximum atomic E-state index is 6.44. The molecule has 0 radical (unpaired) electrons. The largest absolute Gasteiger partial charge is 0.485 e. The lowest BCUT2D eigenvalue weighted by atomic mass is 9.86. The van der Waals surface area contributed by atoms with Crippen LogP contribution >= 0.6 is 0 Å². The van der Waals surface area contributed by atoms with Crippen LogP contribution in [0.25, 0.3) is 78.4 Å². The summed E-state index contributed by atoms with van der Waals surface area (Å²) in [5.41, 5.74) is 9.91. The molecule has 3 heterocycles. The van der Waals surface area contributed by atoms with E-state index in [2.05, 4.69) is 121 Å². The third-order valence-corrected chi connectivity index (χ3v) is 9.73. The SMILES string of the molecule is C1=CC2Oc3cccc(-c4ccc(-c5nc(-c6ccccc6-c6ccccc6)nc(-c6cccc7c6oc6ccccc67)n5)cc4)c3C2C=C1. The van der Waals surface area contributed by atoms with E-state index in [1.165, 1.54) is 11.1 Å². The first-order valence-corrected chi connectivity index (χ1v) is 16.9. The first kappa shape index (κ1) is 28.4. The fraction of sp³-hybridized carbons (Fsp3) is 0.0444. The molecule has 8 aromatic rings. The monoisotopic (exact) mass is 643 g/mol.